The van der Waals surface area contributed by atoms with Crippen molar-refractivity contribution >= 4 is 11.7 Å². The quantitative estimate of drug-likeness (QED) is 0.378. The molecular weight excluding hydrogens is 308 g/mol. The summed E-state index contributed by atoms with van der Waals surface area (Å²) in [4.78, 5) is 24.8. The van der Waals surface area contributed by atoms with Gasteiger partial charge in [0.2, 0.25) is 5.91 Å². The Balaban J connectivity index is 0.000000379. The number of nitrogen functional groups attached to an aromatic ring is 1. The molecule has 10 heteroatoms. The first-order chi connectivity index (χ1) is 10.7. The zero-order chi connectivity index (χ0) is 17.7. The highest BCUT2D eigenvalue weighted by molar-refractivity contribution is 5.90. The van der Waals surface area contributed by atoms with Crippen LogP contribution in [0.15, 0.2) is 29.2 Å². The zero-order valence-corrected chi connectivity index (χ0v) is 12.5. The first kappa shape index (κ1) is 18.8. The van der Waals surface area contributed by atoms with Gasteiger partial charge < -0.3 is 31.5 Å². The summed E-state index contributed by atoms with van der Waals surface area (Å²) in [5.41, 5.74) is 9.72. The molecule has 0 unspecified atom stereocenters. The highest BCUT2D eigenvalue weighted by Gasteiger charge is 2.43. The van der Waals surface area contributed by atoms with Crippen molar-refractivity contribution in [1.82, 2.24) is 9.55 Å². The van der Waals surface area contributed by atoms with Gasteiger partial charge in [0.15, 0.2) is 6.23 Å². The molecule has 0 aromatic carbocycles. The van der Waals surface area contributed by atoms with Crippen LogP contribution in [0.4, 0.5) is 5.82 Å². The lowest BCUT2D eigenvalue weighted by molar-refractivity contribution is -0.114. The molecule has 7 N–H and O–H groups in total. The van der Waals surface area contributed by atoms with E-state index in [1.807, 2.05) is 0 Å². The van der Waals surface area contributed by atoms with Crippen molar-refractivity contribution in [3.8, 4) is 0 Å². The Morgan fingerprint density at radius 2 is 2.04 bits per heavy atom. The Morgan fingerprint density at radius 1 is 1.48 bits per heavy atom. The van der Waals surface area contributed by atoms with Crippen molar-refractivity contribution in [2.75, 3.05) is 12.3 Å². The molecule has 2 rings (SSSR count). The van der Waals surface area contributed by atoms with Gasteiger partial charge in [-0.1, -0.05) is 6.58 Å². The van der Waals surface area contributed by atoms with Crippen molar-refractivity contribution in [1.29, 1.82) is 0 Å². The van der Waals surface area contributed by atoms with Gasteiger partial charge in [0.05, 0.1) is 6.61 Å². The molecule has 0 bridgehead atoms. The molecule has 1 fully saturated rings. The first-order valence-corrected chi connectivity index (χ1v) is 6.61. The van der Waals surface area contributed by atoms with Gasteiger partial charge in [-0.2, -0.15) is 4.98 Å². The van der Waals surface area contributed by atoms with E-state index in [1.54, 1.807) is 6.92 Å². The smallest absolute Gasteiger partial charge is 0.351 e. The van der Waals surface area contributed by atoms with Gasteiger partial charge in [-0.3, -0.25) is 9.36 Å². The number of rotatable bonds is 3. The number of ether oxygens (including phenoxy) is 1. The minimum atomic E-state index is -1.31. The number of hydrogen-bond donors (Lipinski definition) is 5. The lowest BCUT2D eigenvalue weighted by Gasteiger charge is -2.16. The molecule has 1 saturated heterocycles. The zero-order valence-electron chi connectivity index (χ0n) is 12.5. The number of nitrogens with two attached hydrogens (primary N) is 2. The number of primary amides is 1. The van der Waals surface area contributed by atoms with E-state index in [1.165, 1.54) is 12.3 Å². The van der Waals surface area contributed by atoms with Crippen molar-refractivity contribution in [2.24, 2.45) is 5.73 Å². The third kappa shape index (κ3) is 4.60. The van der Waals surface area contributed by atoms with Crippen LogP contribution in [-0.4, -0.2) is 55.7 Å². The molecule has 1 aromatic rings. The highest BCUT2D eigenvalue weighted by Crippen LogP contribution is 2.27. The maximum atomic E-state index is 11.5. The second-order valence-electron chi connectivity index (χ2n) is 4.92. The molecule has 0 spiro atoms. The minimum absolute atomic E-state index is 0.0537. The van der Waals surface area contributed by atoms with E-state index in [4.69, 9.17) is 21.3 Å². The van der Waals surface area contributed by atoms with Gasteiger partial charge in [-0.25, -0.2) is 4.79 Å². The fourth-order valence-electron chi connectivity index (χ4n) is 1.73. The van der Waals surface area contributed by atoms with Gasteiger partial charge in [0.25, 0.3) is 0 Å². The number of carbonyl (C=O) groups is 1. The summed E-state index contributed by atoms with van der Waals surface area (Å²) in [6.45, 7) is 4.40. The summed E-state index contributed by atoms with van der Waals surface area (Å²) in [5.74, 6) is -0.381. The number of hydrogen-bond acceptors (Lipinski definition) is 8. The van der Waals surface area contributed by atoms with Crippen molar-refractivity contribution in [2.45, 2.75) is 31.5 Å². The number of aromatic nitrogens is 2. The lowest BCUT2D eigenvalue weighted by Crippen LogP contribution is -2.36. The monoisotopic (exact) mass is 328 g/mol. The van der Waals surface area contributed by atoms with Crippen LogP contribution in [0.3, 0.4) is 0 Å². The van der Waals surface area contributed by atoms with Crippen LogP contribution >= 0.6 is 0 Å². The van der Waals surface area contributed by atoms with E-state index >= 15 is 0 Å². The second-order valence-corrected chi connectivity index (χ2v) is 4.92. The number of anilines is 1. The molecule has 1 aliphatic rings. The van der Waals surface area contributed by atoms with E-state index < -0.39 is 42.7 Å². The van der Waals surface area contributed by atoms with Gasteiger partial charge in [-0.05, 0) is 13.0 Å². The fourth-order valence-corrected chi connectivity index (χ4v) is 1.73. The summed E-state index contributed by atoms with van der Waals surface area (Å²) in [6.07, 6.45) is -3.27. The number of aliphatic hydroxyl groups excluding tert-OH is 3. The third-order valence-corrected chi connectivity index (χ3v) is 3.06. The minimum Gasteiger partial charge on any atom is -0.394 e. The fraction of sp³-hybridized carbons (Fsp3) is 0.462. The number of carbonyl (C=O) groups excluding carboxylic acids is 1. The maximum Gasteiger partial charge on any atom is 0.351 e. The SMILES string of the molecule is C=C(C)C(N)=O.Nc1ccn([C@@H]2O[C@H](CO)[C@@H](O)[C@H]2O)c(=O)n1. The van der Waals surface area contributed by atoms with E-state index in [-0.39, 0.29) is 5.82 Å². The van der Waals surface area contributed by atoms with Gasteiger partial charge in [-0.15, -0.1) is 0 Å². The highest BCUT2D eigenvalue weighted by atomic mass is 16.6. The summed E-state index contributed by atoms with van der Waals surface area (Å²) in [6, 6.07) is 1.37. The molecule has 1 amide bonds. The van der Waals surface area contributed by atoms with Gasteiger partial charge >= 0.3 is 5.69 Å². The Hall–Kier alpha value is -2.27. The van der Waals surface area contributed by atoms with E-state index in [0.29, 0.717) is 5.57 Å². The standard InChI is InChI=1S/C9H13N3O5.C4H7NO/c10-5-1-2-12(9(16)11-5)8-7(15)6(14)4(3-13)17-8;1-3(2)4(5)6/h1-2,4,6-8,13-15H,3H2,(H2,10,11,16);1H2,2H3,(H2,5,6)/t4-,6-,7-,8-;/m1./s1. The van der Waals surface area contributed by atoms with Gasteiger partial charge in [0, 0.05) is 11.8 Å². The maximum absolute atomic E-state index is 11.5. The van der Waals surface area contributed by atoms with Gasteiger partial charge in [0.1, 0.15) is 24.1 Å². The number of amides is 1. The van der Waals surface area contributed by atoms with Crippen LogP contribution in [0.25, 0.3) is 0 Å². The summed E-state index contributed by atoms with van der Waals surface area (Å²) >= 11 is 0. The molecule has 23 heavy (non-hydrogen) atoms. The molecule has 0 aliphatic carbocycles. The van der Waals surface area contributed by atoms with Crippen LogP contribution in [0.5, 0.6) is 0 Å². The molecular formula is C13H20N4O6. The third-order valence-electron chi connectivity index (χ3n) is 3.06. The number of aliphatic hydroxyl groups is 3. The van der Waals surface area contributed by atoms with Crippen LogP contribution < -0.4 is 17.2 Å². The van der Waals surface area contributed by atoms with Crippen LogP contribution in [-0.2, 0) is 9.53 Å². The van der Waals surface area contributed by atoms with Crippen molar-refractivity contribution < 1.29 is 24.9 Å². The molecule has 1 aromatic heterocycles. The Kier molecular flexibility index (Phi) is 6.39. The van der Waals surface area contributed by atoms with Crippen LogP contribution in [0.2, 0.25) is 0 Å². The average molecular weight is 328 g/mol. The predicted molar refractivity (Wildman–Crippen MR) is 79.9 cm³/mol. The van der Waals surface area contributed by atoms with E-state index in [2.05, 4.69) is 11.6 Å². The topological polar surface area (TPSA) is 174 Å². The molecule has 10 nitrogen and oxygen atoms in total. The predicted octanol–water partition coefficient (Wildman–Crippen LogP) is -2.52. The molecule has 4 atom stereocenters. The summed E-state index contributed by atoms with van der Waals surface area (Å²) < 4.78 is 6.19. The van der Waals surface area contributed by atoms with Crippen LogP contribution in [0, 0.1) is 0 Å². The lowest BCUT2D eigenvalue weighted by atomic mass is 10.1. The Morgan fingerprint density at radius 3 is 2.43 bits per heavy atom. The Labute approximate surface area is 131 Å². The Bertz CT molecular complexity index is 619. The normalized spacial score (nSPS) is 26.3. The second kappa shape index (κ2) is 7.83. The summed E-state index contributed by atoms with van der Waals surface area (Å²) in [5, 5.41) is 28.2. The van der Waals surface area contributed by atoms with E-state index in [9.17, 15) is 19.8 Å². The largest absolute Gasteiger partial charge is 0.394 e. The molecule has 0 radical (unpaired) electrons. The molecule has 2 heterocycles. The molecule has 1 aliphatic heterocycles. The van der Waals surface area contributed by atoms with Crippen molar-refractivity contribution in [3.63, 3.8) is 0 Å². The average Bonchev–Trinajstić information content (AvgIpc) is 2.76. The van der Waals surface area contributed by atoms with E-state index in [0.717, 1.165) is 4.57 Å². The summed E-state index contributed by atoms with van der Waals surface area (Å²) in [7, 11) is 0. The molecule has 0 saturated carbocycles. The molecule has 128 valence electrons. The number of nitrogens with zero attached hydrogens (tertiary/aromatic N) is 2. The first-order valence-electron chi connectivity index (χ1n) is 6.61. The van der Waals surface area contributed by atoms with Crippen LogP contribution in [0.1, 0.15) is 13.2 Å². The van der Waals surface area contributed by atoms with Crippen molar-refractivity contribution in [3.05, 3.63) is 34.9 Å².